The number of nitrogens with one attached hydrogen (secondary N) is 2. The molecule has 7 nitrogen and oxygen atoms in total. The molecule has 30 heavy (non-hydrogen) atoms. The van der Waals surface area contributed by atoms with Gasteiger partial charge in [-0.05, 0) is 44.7 Å². The number of aliphatic imine (C=N–C) groups is 1. The molecule has 4 rings (SSSR count). The van der Waals surface area contributed by atoms with E-state index < -0.39 is 0 Å². The number of rotatable bonds is 5. The number of hydrogen-bond acceptors (Lipinski definition) is 4. The Morgan fingerprint density at radius 3 is 2.57 bits per heavy atom. The van der Waals surface area contributed by atoms with E-state index in [0.29, 0.717) is 18.6 Å². The molecule has 162 valence electrons. The lowest BCUT2D eigenvalue weighted by molar-refractivity contribution is 0.463. The normalized spacial score (nSPS) is 20.6. The lowest BCUT2D eigenvalue weighted by Crippen LogP contribution is -2.52. The van der Waals surface area contributed by atoms with Crippen LogP contribution < -0.4 is 15.5 Å². The summed E-state index contributed by atoms with van der Waals surface area (Å²) in [7, 11) is 1.99. The van der Waals surface area contributed by atoms with E-state index in [4.69, 9.17) is 16.6 Å². The summed E-state index contributed by atoms with van der Waals surface area (Å²) in [6, 6.07) is 8.92. The van der Waals surface area contributed by atoms with Gasteiger partial charge in [0.15, 0.2) is 11.8 Å². The van der Waals surface area contributed by atoms with Crippen LogP contribution in [0.25, 0.3) is 0 Å². The van der Waals surface area contributed by atoms with Crippen molar-refractivity contribution in [1.82, 2.24) is 25.4 Å². The zero-order valence-electron chi connectivity index (χ0n) is 17.9. The molecule has 2 fully saturated rings. The fraction of sp³-hybridized carbons (Fsp3) is 0.591. The lowest BCUT2D eigenvalue weighted by Gasteiger charge is -2.36. The van der Waals surface area contributed by atoms with E-state index in [1.54, 1.807) is 0 Å². The van der Waals surface area contributed by atoms with Crippen molar-refractivity contribution in [3.05, 3.63) is 40.9 Å². The highest BCUT2D eigenvalue weighted by molar-refractivity contribution is 6.33. The van der Waals surface area contributed by atoms with Crippen molar-refractivity contribution < 1.29 is 0 Å². The molecule has 1 saturated carbocycles. The Morgan fingerprint density at radius 1 is 1.10 bits per heavy atom. The van der Waals surface area contributed by atoms with Gasteiger partial charge in [-0.1, -0.05) is 36.6 Å². The van der Waals surface area contributed by atoms with E-state index in [0.717, 1.165) is 54.2 Å². The van der Waals surface area contributed by atoms with Gasteiger partial charge >= 0.3 is 0 Å². The lowest BCUT2D eigenvalue weighted by atomic mass is 10.0. The molecule has 0 spiro atoms. The Balaban J connectivity index is 1.45. The first-order valence-corrected chi connectivity index (χ1v) is 11.4. The molecule has 2 N–H and O–H groups in total. The third kappa shape index (κ3) is 5.06. The molecular weight excluding hydrogens is 398 g/mol. The summed E-state index contributed by atoms with van der Waals surface area (Å²) in [5, 5.41) is 16.6. The van der Waals surface area contributed by atoms with Gasteiger partial charge < -0.3 is 20.1 Å². The summed E-state index contributed by atoms with van der Waals surface area (Å²) in [6.07, 6.45) is 7.24. The molecule has 0 amide bonds. The van der Waals surface area contributed by atoms with Gasteiger partial charge in [0.2, 0.25) is 0 Å². The summed E-state index contributed by atoms with van der Waals surface area (Å²) in [6.45, 7) is 4.42. The number of hydrogen-bond donors (Lipinski definition) is 2. The van der Waals surface area contributed by atoms with Crippen molar-refractivity contribution in [2.24, 2.45) is 12.0 Å². The topological polar surface area (TPSA) is 70.4 Å². The fourth-order valence-electron chi connectivity index (χ4n) is 4.35. The fourth-order valence-corrected chi connectivity index (χ4v) is 4.61. The Hall–Kier alpha value is -2.28. The summed E-state index contributed by atoms with van der Waals surface area (Å²) < 4.78 is 2.00. The van der Waals surface area contributed by atoms with Crippen molar-refractivity contribution >= 4 is 23.2 Å². The largest absolute Gasteiger partial charge is 0.368 e. The molecule has 1 aliphatic carbocycles. The van der Waals surface area contributed by atoms with Gasteiger partial charge in [0.25, 0.3) is 0 Å². The van der Waals surface area contributed by atoms with Crippen LogP contribution in [0.1, 0.15) is 50.2 Å². The van der Waals surface area contributed by atoms with Gasteiger partial charge in [-0.15, -0.1) is 10.2 Å². The van der Waals surface area contributed by atoms with E-state index in [-0.39, 0.29) is 0 Å². The monoisotopic (exact) mass is 429 g/mol. The number of nitrogens with zero attached hydrogens (tertiary/aromatic N) is 5. The molecular formula is C22H32ClN7. The number of anilines is 1. The summed E-state index contributed by atoms with van der Waals surface area (Å²) in [4.78, 5) is 7.25. The number of aromatic nitrogens is 3. The maximum absolute atomic E-state index is 6.45. The number of benzene rings is 1. The smallest absolute Gasteiger partial charge is 0.192 e. The average Bonchev–Trinajstić information content (AvgIpc) is 3.37. The molecule has 1 aromatic heterocycles. The van der Waals surface area contributed by atoms with Crippen molar-refractivity contribution in [2.75, 3.05) is 18.0 Å². The third-order valence-corrected chi connectivity index (χ3v) is 6.53. The average molecular weight is 430 g/mol. The van der Waals surface area contributed by atoms with Crippen molar-refractivity contribution in [3.8, 4) is 0 Å². The predicted octanol–water partition coefficient (Wildman–Crippen LogP) is 3.42. The quantitative estimate of drug-likeness (QED) is 0.563. The van der Waals surface area contributed by atoms with Gasteiger partial charge in [0.05, 0.1) is 10.7 Å². The Bertz CT molecular complexity index is 872. The number of piperidine rings is 1. The molecule has 0 radical (unpaired) electrons. The third-order valence-electron chi connectivity index (χ3n) is 6.21. The van der Waals surface area contributed by atoms with Crippen molar-refractivity contribution in [3.63, 3.8) is 0 Å². The minimum Gasteiger partial charge on any atom is -0.368 e. The number of guanidine groups is 1. The van der Waals surface area contributed by atoms with Gasteiger partial charge in [-0.2, -0.15) is 0 Å². The number of para-hydroxylation sites is 1. The minimum atomic E-state index is 0.323. The summed E-state index contributed by atoms with van der Waals surface area (Å²) in [5.74, 6) is 2.66. The van der Waals surface area contributed by atoms with Crippen molar-refractivity contribution in [2.45, 2.75) is 64.1 Å². The maximum Gasteiger partial charge on any atom is 0.192 e. The van der Waals surface area contributed by atoms with Crippen LogP contribution in [0.5, 0.6) is 0 Å². The van der Waals surface area contributed by atoms with Crippen LogP contribution in [0.4, 0.5) is 5.69 Å². The molecule has 0 bridgehead atoms. The highest BCUT2D eigenvalue weighted by Gasteiger charge is 2.24. The highest BCUT2D eigenvalue weighted by Crippen LogP contribution is 2.27. The zero-order valence-corrected chi connectivity index (χ0v) is 18.7. The van der Waals surface area contributed by atoms with Crippen LogP contribution in [0.3, 0.4) is 0 Å². The summed E-state index contributed by atoms with van der Waals surface area (Å²) in [5.41, 5.74) is 1.11. The molecule has 1 saturated heterocycles. The van der Waals surface area contributed by atoms with Gasteiger partial charge in [-0.25, -0.2) is 4.99 Å². The standard InChI is InChI=1S/C22H32ClN7/c1-16-27-28-21(29(16)2)14-24-22(25-17-8-3-4-9-17)26-18-10-7-13-30(15-18)20-12-6-5-11-19(20)23/h5-6,11-12,17-18H,3-4,7-10,13-15H2,1-2H3,(H2,24,25,26). The molecule has 1 aliphatic heterocycles. The van der Waals surface area contributed by atoms with Crippen LogP contribution in [0.15, 0.2) is 29.3 Å². The van der Waals surface area contributed by atoms with E-state index in [1.165, 1.54) is 25.7 Å². The first-order chi connectivity index (χ1) is 14.6. The maximum atomic E-state index is 6.45. The Morgan fingerprint density at radius 2 is 1.83 bits per heavy atom. The van der Waals surface area contributed by atoms with Crippen LogP contribution in [0.2, 0.25) is 5.02 Å². The Labute approximate surface area is 183 Å². The van der Waals surface area contributed by atoms with Crippen LogP contribution >= 0.6 is 11.6 Å². The summed E-state index contributed by atoms with van der Waals surface area (Å²) >= 11 is 6.45. The van der Waals surface area contributed by atoms with E-state index in [2.05, 4.69) is 37.9 Å². The SMILES string of the molecule is Cc1nnc(CN=C(NC2CCCC2)NC2CCCN(c3ccccc3Cl)C2)n1C. The molecule has 1 atom stereocenters. The second-order valence-electron chi connectivity index (χ2n) is 8.39. The molecule has 8 heteroatoms. The second kappa shape index (κ2) is 9.69. The van der Waals surface area contributed by atoms with Gasteiger partial charge in [0, 0.05) is 32.2 Å². The van der Waals surface area contributed by atoms with E-state index in [9.17, 15) is 0 Å². The molecule has 1 unspecified atom stereocenters. The van der Waals surface area contributed by atoms with Gasteiger partial charge in [-0.3, -0.25) is 0 Å². The van der Waals surface area contributed by atoms with Crippen LogP contribution in [-0.2, 0) is 13.6 Å². The molecule has 2 heterocycles. The van der Waals surface area contributed by atoms with Crippen LogP contribution in [0, 0.1) is 6.92 Å². The van der Waals surface area contributed by atoms with E-state index >= 15 is 0 Å². The number of halogens is 1. The van der Waals surface area contributed by atoms with Crippen molar-refractivity contribution in [1.29, 1.82) is 0 Å². The Kier molecular flexibility index (Phi) is 6.77. The highest BCUT2D eigenvalue weighted by atomic mass is 35.5. The van der Waals surface area contributed by atoms with Crippen LogP contribution in [-0.4, -0.2) is 45.9 Å². The van der Waals surface area contributed by atoms with E-state index in [1.807, 2.05) is 30.7 Å². The molecule has 1 aromatic carbocycles. The predicted molar refractivity (Wildman–Crippen MR) is 122 cm³/mol. The minimum absolute atomic E-state index is 0.323. The first-order valence-electron chi connectivity index (χ1n) is 11.0. The zero-order chi connectivity index (χ0) is 20.9. The number of aryl methyl sites for hydroxylation is 1. The first kappa shape index (κ1) is 21.0. The second-order valence-corrected chi connectivity index (χ2v) is 8.80. The molecule has 2 aromatic rings. The molecule has 2 aliphatic rings. The van der Waals surface area contributed by atoms with Gasteiger partial charge in [0.1, 0.15) is 12.4 Å².